The van der Waals surface area contributed by atoms with Crippen LogP contribution in [-0.4, -0.2) is 40.3 Å². The zero-order valence-corrected chi connectivity index (χ0v) is 17.6. The van der Waals surface area contributed by atoms with Crippen molar-refractivity contribution < 1.29 is 9.53 Å². The number of hydrogen-bond donors (Lipinski definition) is 2. The number of carbonyl (C=O) groups excluding carboxylic acids is 1. The predicted octanol–water partition coefficient (Wildman–Crippen LogP) is 1.71. The Labute approximate surface area is 171 Å². The SMILES string of the molecule is COCCN(C(=O)c1cc(Cl)c(Cl)n1C)c1c(N)n(CC(C)C)c(=O)[nH]c1=O. The zero-order chi connectivity index (χ0) is 21.2. The highest BCUT2D eigenvalue weighted by Gasteiger charge is 2.28. The first kappa shape index (κ1) is 22.1. The Morgan fingerprint density at radius 1 is 1.36 bits per heavy atom. The van der Waals surface area contributed by atoms with Crippen molar-refractivity contribution >= 4 is 40.6 Å². The van der Waals surface area contributed by atoms with E-state index in [0.29, 0.717) is 0 Å². The van der Waals surface area contributed by atoms with E-state index in [2.05, 4.69) is 4.98 Å². The van der Waals surface area contributed by atoms with Crippen molar-refractivity contribution in [1.29, 1.82) is 0 Å². The molecule has 0 unspecified atom stereocenters. The third-order valence-electron chi connectivity index (χ3n) is 4.13. The fraction of sp³-hybridized carbons (Fsp3) is 0.471. The predicted molar refractivity (Wildman–Crippen MR) is 110 cm³/mol. The second kappa shape index (κ2) is 8.85. The number of hydrogen-bond acceptors (Lipinski definition) is 5. The summed E-state index contributed by atoms with van der Waals surface area (Å²) in [5.74, 6) is -0.564. The number of halogens is 2. The van der Waals surface area contributed by atoms with Crippen molar-refractivity contribution in [3.05, 3.63) is 42.8 Å². The van der Waals surface area contributed by atoms with Crippen LogP contribution in [0.1, 0.15) is 24.3 Å². The number of nitrogens with one attached hydrogen (secondary N) is 1. The largest absolute Gasteiger partial charge is 0.383 e. The van der Waals surface area contributed by atoms with Crippen LogP contribution in [0.2, 0.25) is 10.2 Å². The molecule has 0 bridgehead atoms. The summed E-state index contributed by atoms with van der Waals surface area (Å²) in [4.78, 5) is 41.3. The number of nitrogens with two attached hydrogens (primary N) is 1. The van der Waals surface area contributed by atoms with Gasteiger partial charge in [-0.25, -0.2) is 4.79 Å². The Balaban J connectivity index is 2.66. The van der Waals surface area contributed by atoms with E-state index in [9.17, 15) is 14.4 Å². The zero-order valence-electron chi connectivity index (χ0n) is 16.1. The minimum atomic E-state index is -0.765. The summed E-state index contributed by atoms with van der Waals surface area (Å²) in [6.07, 6.45) is 0. The molecule has 0 radical (unpaired) electrons. The van der Waals surface area contributed by atoms with Gasteiger partial charge in [-0.05, 0) is 12.0 Å². The third-order valence-corrected chi connectivity index (χ3v) is 4.97. The summed E-state index contributed by atoms with van der Waals surface area (Å²) in [6, 6.07) is 1.40. The normalized spacial score (nSPS) is 11.2. The number of H-pyrrole nitrogens is 1. The summed E-state index contributed by atoms with van der Waals surface area (Å²) < 4.78 is 7.70. The van der Waals surface area contributed by atoms with Gasteiger partial charge in [0.1, 0.15) is 16.7 Å². The molecule has 0 saturated heterocycles. The molecule has 0 atom stereocenters. The first-order chi connectivity index (χ1) is 13.1. The van der Waals surface area contributed by atoms with Gasteiger partial charge in [-0.1, -0.05) is 37.0 Å². The smallest absolute Gasteiger partial charge is 0.330 e. The molecule has 1 amide bonds. The van der Waals surface area contributed by atoms with Crippen LogP contribution in [-0.2, 0) is 18.3 Å². The van der Waals surface area contributed by atoms with E-state index >= 15 is 0 Å². The van der Waals surface area contributed by atoms with Crippen LogP contribution in [0, 0.1) is 5.92 Å². The van der Waals surface area contributed by atoms with E-state index in [0.717, 1.165) is 4.90 Å². The Hall–Kier alpha value is -2.23. The number of nitrogens with zero attached hydrogens (tertiary/aromatic N) is 3. The average Bonchev–Trinajstić information content (AvgIpc) is 2.88. The minimum absolute atomic E-state index is 0.0307. The molecule has 2 heterocycles. The lowest BCUT2D eigenvalue weighted by Gasteiger charge is -2.24. The number of nitrogen functional groups attached to an aromatic ring is 1. The highest BCUT2D eigenvalue weighted by Crippen LogP contribution is 2.27. The van der Waals surface area contributed by atoms with Crippen molar-refractivity contribution in [2.24, 2.45) is 13.0 Å². The minimum Gasteiger partial charge on any atom is -0.383 e. The fourth-order valence-electron chi connectivity index (χ4n) is 2.77. The van der Waals surface area contributed by atoms with Crippen molar-refractivity contribution in [1.82, 2.24) is 14.1 Å². The highest BCUT2D eigenvalue weighted by molar-refractivity contribution is 6.42. The van der Waals surface area contributed by atoms with Crippen LogP contribution in [0.3, 0.4) is 0 Å². The van der Waals surface area contributed by atoms with Crippen molar-refractivity contribution in [3.8, 4) is 0 Å². The van der Waals surface area contributed by atoms with Gasteiger partial charge in [0.05, 0.1) is 11.6 Å². The molecule has 11 heteroatoms. The van der Waals surface area contributed by atoms with Gasteiger partial charge in [0, 0.05) is 27.2 Å². The van der Waals surface area contributed by atoms with Gasteiger partial charge in [-0.3, -0.25) is 24.0 Å². The molecule has 0 fully saturated rings. The lowest BCUT2D eigenvalue weighted by molar-refractivity contribution is 0.0967. The number of ether oxygens (including phenoxy) is 1. The maximum Gasteiger partial charge on any atom is 0.330 e. The molecular weight excluding hydrogens is 409 g/mol. The van der Waals surface area contributed by atoms with Gasteiger partial charge in [0.2, 0.25) is 0 Å². The second-order valence-electron chi connectivity index (χ2n) is 6.67. The lowest BCUT2D eigenvalue weighted by atomic mass is 10.2. The molecule has 154 valence electrons. The van der Waals surface area contributed by atoms with E-state index in [1.165, 1.54) is 22.3 Å². The van der Waals surface area contributed by atoms with E-state index in [1.54, 1.807) is 7.05 Å². The maximum absolute atomic E-state index is 13.2. The fourth-order valence-corrected chi connectivity index (χ4v) is 3.14. The number of carbonyl (C=O) groups is 1. The molecule has 3 N–H and O–H groups in total. The van der Waals surface area contributed by atoms with Crippen LogP contribution in [0.4, 0.5) is 11.5 Å². The maximum atomic E-state index is 13.2. The topological polar surface area (TPSA) is 115 Å². The molecule has 2 rings (SSSR count). The Bertz CT molecular complexity index is 993. The lowest BCUT2D eigenvalue weighted by Crippen LogP contribution is -2.43. The molecular formula is C17H23Cl2N5O4. The molecule has 0 aliphatic carbocycles. The summed E-state index contributed by atoms with van der Waals surface area (Å²) in [6.45, 7) is 4.25. The van der Waals surface area contributed by atoms with Crippen LogP contribution in [0.5, 0.6) is 0 Å². The molecule has 0 saturated carbocycles. The van der Waals surface area contributed by atoms with Gasteiger partial charge in [-0.2, -0.15) is 0 Å². The standard InChI is InChI=1S/C17H23Cl2N5O4/c1-9(2)8-24-14(20)12(15(25)21-17(24)27)23(5-6-28-4)16(26)11-7-10(18)13(19)22(11)3/h7,9H,5-6,8,20H2,1-4H3,(H,21,25,27). The van der Waals surface area contributed by atoms with Gasteiger partial charge in [0.25, 0.3) is 11.5 Å². The molecule has 2 aromatic rings. The monoisotopic (exact) mass is 431 g/mol. The molecule has 28 heavy (non-hydrogen) atoms. The first-order valence-electron chi connectivity index (χ1n) is 8.54. The van der Waals surface area contributed by atoms with E-state index in [-0.39, 0.29) is 53.0 Å². The number of methoxy groups -OCH3 is 1. The number of rotatable bonds is 7. The van der Waals surface area contributed by atoms with E-state index < -0.39 is 17.2 Å². The second-order valence-corrected chi connectivity index (χ2v) is 7.44. The van der Waals surface area contributed by atoms with Gasteiger partial charge in [-0.15, -0.1) is 0 Å². The molecule has 0 aliphatic rings. The van der Waals surface area contributed by atoms with E-state index in [1.807, 2.05) is 13.8 Å². The number of aromatic nitrogens is 3. The summed E-state index contributed by atoms with van der Waals surface area (Å²) in [5.41, 5.74) is 4.77. The first-order valence-corrected chi connectivity index (χ1v) is 9.29. The molecule has 0 spiro atoms. The van der Waals surface area contributed by atoms with Crippen molar-refractivity contribution in [2.45, 2.75) is 20.4 Å². The van der Waals surface area contributed by atoms with Crippen LogP contribution < -0.4 is 21.9 Å². The number of aromatic amines is 1. The Morgan fingerprint density at radius 2 is 2.00 bits per heavy atom. The van der Waals surface area contributed by atoms with Crippen LogP contribution in [0.25, 0.3) is 0 Å². The Morgan fingerprint density at radius 3 is 2.50 bits per heavy atom. The quantitative estimate of drug-likeness (QED) is 0.691. The van der Waals surface area contributed by atoms with Crippen molar-refractivity contribution in [2.75, 3.05) is 30.9 Å². The number of anilines is 2. The third kappa shape index (κ3) is 4.26. The highest BCUT2D eigenvalue weighted by atomic mass is 35.5. The molecule has 9 nitrogen and oxygen atoms in total. The van der Waals surface area contributed by atoms with Crippen LogP contribution in [0.15, 0.2) is 15.7 Å². The van der Waals surface area contributed by atoms with Crippen LogP contribution >= 0.6 is 23.2 Å². The molecule has 2 aromatic heterocycles. The summed E-state index contributed by atoms with van der Waals surface area (Å²) >= 11 is 12.1. The van der Waals surface area contributed by atoms with Gasteiger partial charge in [0.15, 0.2) is 5.69 Å². The number of amides is 1. The van der Waals surface area contributed by atoms with Crippen molar-refractivity contribution in [3.63, 3.8) is 0 Å². The molecule has 0 aromatic carbocycles. The van der Waals surface area contributed by atoms with Gasteiger partial charge < -0.3 is 15.0 Å². The summed E-state index contributed by atoms with van der Waals surface area (Å²) in [5, 5.41) is 0.384. The Kier molecular flexibility index (Phi) is 6.97. The molecule has 0 aliphatic heterocycles. The summed E-state index contributed by atoms with van der Waals surface area (Å²) in [7, 11) is 3.04. The average molecular weight is 432 g/mol. The van der Waals surface area contributed by atoms with E-state index in [4.69, 9.17) is 33.7 Å². The van der Waals surface area contributed by atoms with Gasteiger partial charge >= 0.3 is 5.69 Å².